The molecule has 3 heterocycles. The van der Waals surface area contributed by atoms with Crippen LogP contribution in [0.2, 0.25) is 0 Å². The van der Waals surface area contributed by atoms with Crippen LogP contribution in [0, 0.1) is 11.8 Å². The minimum atomic E-state index is 0.741. The molecular formula is C17H33N3. The van der Waals surface area contributed by atoms with Crippen LogP contribution < -0.4 is 5.32 Å². The molecule has 2 bridgehead atoms. The van der Waals surface area contributed by atoms with E-state index in [-0.39, 0.29) is 0 Å². The van der Waals surface area contributed by atoms with E-state index in [0.29, 0.717) is 0 Å². The Hall–Kier alpha value is -0.120. The number of nitrogens with one attached hydrogen (secondary N) is 1. The predicted molar refractivity (Wildman–Crippen MR) is 85.0 cm³/mol. The second kappa shape index (κ2) is 6.76. The van der Waals surface area contributed by atoms with Gasteiger partial charge in [-0.1, -0.05) is 26.7 Å². The third kappa shape index (κ3) is 3.20. The monoisotopic (exact) mass is 279 g/mol. The van der Waals surface area contributed by atoms with E-state index < -0.39 is 0 Å². The number of fused-ring (bicyclic) bond motifs is 3. The van der Waals surface area contributed by atoms with Gasteiger partial charge in [-0.3, -0.25) is 9.80 Å². The smallest absolute Gasteiger partial charge is 0.0380 e. The van der Waals surface area contributed by atoms with E-state index in [9.17, 15) is 0 Å². The van der Waals surface area contributed by atoms with Gasteiger partial charge in [0.05, 0.1) is 0 Å². The number of hydrogen-bond acceptors (Lipinski definition) is 3. The zero-order valence-electron chi connectivity index (χ0n) is 13.5. The molecule has 3 nitrogen and oxygen atoms in total. The molecule has 0 aromatic rings. The largest absolute Gasteiger partial charge is 0.312 e. The van der Waals surface area contributed by atoms with E-state index in [1.807, 2.05) is 0 Å². The lowest BCUT2D eigenvalue weighted by Gasteiger charge is -2.52. The second-order valence-corrected chi connectivity index (χ2v) is 7.40. The summed E-state index contributed by atoms with van der Waals surface area (Å²) in [6.45, 7) is 12.5. The van der Waals surface area contributed by atoms with Gasteiger partial charge in [-0.15, -0.1) is 0 Å². The first kappa shape index (κ1) is 14.8. The van der Waals surface area contributed by atoms with Crippen molar-refractivity contribution < 1.29 is 0 Å². The topological polar surface area (TPSA) is 18.5 Å². The van der Waals surface area contributed by atoms with Crippen LogP contribution in [0.1, 0.15) is 46.0 Å². The molecule has 1 aliphatic carbocycles. The molecule has 1 N–H and O–H groups in total. The third-order valence-electron chi connectivity index (χ3n) is 5.93. The molecule has 0 radical (unpaired) electrons. The van der Waals surface area contributed by atoms with E-state index in [2.05, 4.69) is 29.0 Å². The lowest BCUT2D eigenvalue weighted by atomic mass is 9.76. The summed E-state index contributed by atoms with van der Waals surface area (Å²) in [5.74, 6) is 1.88. The average molecular weight is 279 g/mol. The normalized spacial score (nSPS) is 42.6. The van der Waals surface area contributed by atoms with Crippen LogP contribution in [0.15, 0.2) is 0 Å². The van der Waals surface area contributed by atoms with E-state index >= 15 is 0 Å². The number of piperazine rings is 3. The van der Waals surface area contributed by atoms with Crippen LogP contribution in [-0.2, 0) is 0 Å². The van der Waals surface area contributed by atoms with Crippen LogP contribution >= 0.6 is 0 Å². The molecule has 1 saturated carbocycles. The maximum atomic E-state index is 3.94. The molecule has 4 fully saturated rings. The summed E-state index contributed by atoms with van der Waals surface area (Å²) in [4.78, 5) is 5.47. The van der Waals surface area contributed by atoms with Crippen LogP contribution in [0.25, 0.3) is 0 Å². The van der Waals surface area contributed by atoms with Crippen molar-refractivity contribution in [1.82, 2.24) is 15.1 Å². The van der Waals surface area contributed by atoms with E-state index in [0.717, 1.165) is 23.9 Å². The van der Waals surface area contributed by atoms with Gasteiger partial charge in [0.1, 0.15) is 0 Å². The lowest BCUT2D eigenvalue weighted by Crippen LogP contribution is -2.67. The Balaban J connectivity index is 1.65. The maximum absolute atomic E-state index is 3.94. The average Bonchev–Trinajstić information content (AvgIpc) is 2.51. The first-order valence-electron chi connectivity index (χ1n) is 8.97. The summed E-state index contributed by atoms with van der Waals surface area (Å²) in [5, 5.41) is 3.94. The molecule has 2 unspecified atom stereocenters. The highest BCUT2D eigenvalue weighted by atomic mass is 15.4. The standard InChI is InChI=1S/C17H33N3/c1-3-8-18-17(15-6-4-14(2)5-7-15)16-13-19-9-11-20(16)12-10-19/h14-18H,3-13H2,1-2H3. The molecule has 20 heavy (non-hydrogen) atoms. The summed E-state index contributed by atoms with van der Waals surface area (Å²) in [7, 11) is 0. The fourth-order valence-electron chi connectivity index (χ4n) is 4.57. The number of rotatable bonds is 5. The molecule has 0 spiro atoms. The van der Waals surface area contributed by atoms with Crippen molar-refractivity contribution in [2.45, 2.75) is 58.0 Å². The fourth-order valence-corrected chi connectivity index (χ4v) is 4.57. The summed E-state index contributed by atoms with van der Waals surface area (Å²) in [6.07, 6.45) is 7.06. The van der Waals surface area contributed by atoms with Gasteiger partial charge < -0.3 is 5.32 Å². The molecule has 116 valence electrons. The van der Waals surface area contributed by atoms with Crippen molar-refractivity contribution >= 4 is 0 Å². The van der Waals surface area contributed by atoms with Crippen LogP contribution in [-0.4, -0.2) is 61.2 Å². The highest BCUT2D eigenvalue weighted by Gasteiger charge is 2.40. The minimum absolute atomic E-state index is 0.741. The van der Waals surface area contributed by atoms with Gasteiger partial charge >= 0.3 is 0 Å². The Labute approximate surface area is 125 Å². The quantitative estimate of drug-likeness (QED) is 0.832. The highest BCUT2D eigenvalue weighted by Crippen LogP contribution is 2.33. The predicted octanol–water partition coefficient (Wildman–Crippen LogP) is 2.18. The van der Waals surface area contributed by atoms with Crippen molar-refractivity contribution in [3.8, 4) is 0 Å². The van der Waals surface area contributed by atoms with Crippen molar-refractivity contribution in [3.05, 3.63) is 0 Å². The van der Waals surface area contributed by atoms with Gasteiger partial charge in [-0.05, 0) is 37.6 Å². The van der Waals surface area contributed by atoms with Crippen molar-refractivity contribution in [2.75, 3.05) is 39.3 Å². The van der Waals surface area contributed by atoms with Crippen molar-refractivity contribution in [2.24, 2.45) is 11.8 Å². The Morgan fingerprint density at radius 2 is 1.75 bits per heavy atom. The molecular weight excluding hydrogens is 246 g/mol. The van der Waals surface area contributed by atoms with Crippen LogP contribution in [0.5, 0.6) is 0 Å². The zero-order valence-corrected chi connectivity index (χ0v) is 13.5. The van der Waals surface area contributed by atoms with Gasteiger partial charge in [-0.25, -0.2) is 0 Å². The van der Waals surface area contributed by atoms with Gasteiger partial charge in [0.25, 0.3) is 0 Å². The summed E-state index contributed by atoms with van der Waals surface area (Å²) >= 11 is 0. The molecule has 2 atom stereocenters. The molecule has 3 heteroatoms. The maximum Gasteiger partial charge on any atom is 0.0380 e. The second-order valence-electron chi connectivity index (χ2n) is 7.40. The van der Waals surface area contributed by atoms with Crippen molar-refractivity contribution in [3.63, 3.8) is 0 Å². The van der Waals surface area contributed by atoms with Gasteiger partial charge in [0.2, 0.25) is 0 Å². The van der Waals surface area contributed by atoms with Crippen LogP contribution in [0.3, 0.4) is 0 Å². The zero-order chi connectivity index (χ0) is 13.9. The Morgan fingerprint density at radius 1 is 1.05 bits per heavy atom. The van der Waals surface area contributed by atoms with Crippen molar-refractivity contribution in [1.29, 1.82) is 0 Å². The molecule has 0 aromatic carbocycles. The number of hydrogen-bond donors (Lipinski definition) is 1. The van der Waals surface area contributed by atoms with E-state index in [4.69, 9.17) is 0 Å². The lowest BCUT2D eigenvalue weighted by molar-refractivity contribution is -0.0175. The molecule has 0 amide bonds. The number of nitrogens with zero attached hydrogens (tertiary/aromatic N) is 2. The summed E-state index contributed by atoms with van der Waals surface area (Å²) in [5.41, 5.74) is 0. The summed E-state index contributed by atoms with van der Waals surface area (Å²) in [6, 6.07) is 1.52. The Bertz CT molecular complexity index is 291. The molecule has 4 rings (SSSR count). The van der Waals surface area contributed by atoms with Gasteiger partial charge in [0, 0.05) is 44.8 Å². The third-order valence-corrected chi connectivity index (χ3v) is 5.93. The first-order chi connectivity index (χ1) is 9.78. The highest BCUT2D eigenvalue weighted by molar-refractivity contribution is 4.98. The molecule has 3 aliphatic heterocycles. The van der Waals surface area contributed by atoms with Crippen LogP contribution in [0.4, 0.5) is 0 Å². The van der Waals surface area contributed by atoms with Gasteiger partial charge in [0.15, 0.2) is 0 Å². The molecule has 4 aliphatic rings. The van der Waals surface area contributed by atoms with E-state index in [1.165, 1.54) is 71.4 Å². The molecule has 3 saturated heterocycles. The first-order valence-corrected chi connectivity index (χ1v) is 8.97. The van der Waals surface area contributed by atoms with Gasteiger partial charge in [-0.2, -0.15) is 0 Å². The molecule has 0 aromatic heterocycles. The fraction of sp³-hybridized carbons (Fsp3) is 1.00. The summed E-state index contributed by atoms with van der Waals surface area (Å²) < 4.78 is 0. The van der Waals surface area contributed by atoms with E-state index in [1.54, 1.807) is 0 Å². The SMILES string of the molecule is CCCNC(C1CCC(C)CC1)C1CN2CCN1CC2. The Kier molecular flexibility index (Phi) is 5.00. The minimum Gasteiger partial charge on any atom is -0.312 e. The Morgan fingerprint density at radius 3 is 2.30 bits per heavy atom.